The van der Waals surface area contributed by atoms with Gasteiger partial charge in [0, 0.05) is 20.8 Å². The summed E-state index contributed by atoms with van der Waals surface area (Å²) in [6, 6.07) is 8.32. The molecule has 0 aliphatic carbocycles. The molecule has 0 bridgehead atoms. The smallest absolute Gasteiger partial charge is 0.0716 e. The van der Waals surface area contributed by atoms with E-state index in [0.717, 1.165) is 12.8 Å². The third kappa shape index (κ3) is 8.78. The van der Waals surface area contributed by atoms with Crippen LogP contribution < -0.4 is 0 Å². The Kier molecular flexibility index (Phi) is 8.92. The van der Waals surface area contributed by atoms with Gasteiger partial charge in [0.25, 0.3) is 0 Å². The lowest BCUT2D eigenvalue weighted by Crippen LogP contribution is -2.31. The Bertz CT molecular complexity index is 451. The van der Waals surface area contributed by atoms with Gasteiger partial charge in [-0.1, -0.05) is 24.3 Å². The second-order valence-corrected chi connectivity index (χ2v) is 7.37. The van der Waals surface area contributed by atoms with Crippen LogP contribution in [-0.2, 0) is 32.2 Å². The molecule has 0 aliphatic heterocycles. The van der Waals surface area contributed by atoms with Gasteiger partial charge < -0.3 is 18.9 Å². The molecule has 0 aromatic heterocycles. The minimum absolute atomic E-state index is 0.137. The third-order valence-electron chi connectivity index (χ3n) is 4.20. The Morgan fingerprint density at radius 1 is 0.750 bits per heavy atom. The molecule has 0 unspecified atom stereocenters. The summed E-state index contributed by atoms with van der Waals surface area (Å²) in [5.41, 5.74) is 2.03. The lowest BCUT2D eigenvalue weighted by molar-refractivity contribution is -0.0706. The first kappa shape index (κ1) is 21.1. The molecule has 0 saturated heterocycles. The fraction of sp³-hybridized carbons (Fsp3) is 0.700. The molecule has 1 aromatic rings. The van der Waals surface area contributed by atoms with Crippen LogP contribution in [0, 0.1) is 0 Å². The minimum Gasteiger partial charge on any atom is -0.380 e. The summed E-state index contributed by atoms with van der Waals surface area (Å²) in [6.07, 6.45) is 1.74. The summed E-state index contributed by atoms with van der Waals surface area (Å²) in [4.78, 5) is 0. The Labute approximate surface area is 147 Å². The van der Waals surface area contributed by atoms with Crippen molar-refractivity contribution >= 4 is 0 Å². The lowest BCUT2D eigenvalue weighted by atomic mass is 10.0. The van der Waals surface area contributed by atoms with E-state index in [1.165, 1.54) is 11.1 Å². The van der Waals surface area contributed by atoms with Crippen LogP contribution >= 0.6 is 0 Å². The molecule has 1 rings (SSSR count). The second kappa shape index (κ2) is 10.1. The molecule has 0 spiro atoms. The highest BCUT2D eigenvalue weighted by Gasteiger charge is 2.21. The van der Waals surface area contributed by atoms with Crippen molar-refractivity contribution in [3.8, 4) is 0 Å². The van der Waals surface area contributed by atoms with E-state index in [1.807, 2.05) is 0 Å². The van der Waals surface area contributed by atoms with Gasteiger partial charge in [-0.15, -0.1) is 0 Å². The van der Waals surface area contributed by atoms with E-state index in [1.54, 1.807) is 14.2 Å². The zero-order valence-corrected chi connectivity index (χ0v) is 16.2. The molecular formula is C20H34O4. The van der Waals surface area contributed by atoms with E-state index in [0.29, 0.717) is 26.4 Å². The maximum atomic E-state index is 5.99. The van der Waals surface area contributed by atoms with Crippen LogP contribution in [0.2, 0.25) is 0 Å². The predicted octanol–water partition coefficient (Wildman–Crippen LogP) is 4.35. The topological polar surface area (TPSA) is 36.9 Å². The molecule has 4 heteroatoms. The molecular weight excluding hydrogens is 304 g/mol. The van der Waals surface area contributed by atoms with E-state index in [2.05, 4.69) is 52.0 Å². The standard InChI is InChI=1S/C20H34O4/c1-19(2,22-6)12-14-24-20(3,4)11-13-23-16-18-9-7-17(8-10-18)15-21-5/h7-10H,11-16H2,1-6H3. The maximum absolute atomic E-state index is 5.99. The van der Waals surface area contributed by atoms with Crippen molar-refractivity contribution in [2.24, 2.45) is 0 Å². The monoisotopic (exact) mass is 338 g/mol. The highest BCUT2D eigenvalue weighted by atomic mass is 16.5. The summed E-state index contributed by atoms with van der Waals surface area (Å²) in [6.45, 7) is 11.0. The number of hydrogen-bond donors (Lipinski definition) is 0. The van der Waals surface area contributed by atoms with Gasteiger partial charge in [-0.3, -0.25) is 0 Å². The van der Waals surface area contributed by atoms with Gasteiger partial charge in [-0.2, -0.15) is 0 Å². The number of benzene rings is 1. The zero-order chi connectivity index (χ0) is 18.1. The molecule has 0 aliphatic rings. The largest absolute Gasteiger partial charge is 0.380 e. The van der Waals surface area contributed by atoms with Crippen molar-refractivity contribution in [3.63, 3.8) is 0 Å². The Morgan fingerprint density at radius 2 is 1.29 bits per heavy atom. The average molecular weight is 338 g/mol. The predicted molar refractivity (Wildman–Crippen MR) is 97.2 cm³/mol. The molecule has 0 atom stereocenters. The van der Waals surface area contributed by atoms with Gasteiger partial charge in [0.05, 0.1) is 31.0 Å². The molecule has 0 N–H and O–H groups in total. The van der Waals surface area contributed by atoms with Crippen LogP contribution in [-0.4, -0.2) is 38.6 Å². The van der Waals surface area contributed by atoms with Crippen molar-refractivity contribution in [1.29, 1.82) is 0 Å². The Balaban J connectivity index is 2.22. The number of rotatable bonds is 12. The van der Waals surface area contributed by atoms with Crippen LogP contribution in [0.3, 0.4) is 0 Å². The van der Waals surface area contributed by atoms with Crippen molar-refractivity contribution in [1.82, 2.24) is 0 Å². The Morgan fingerprint density at radius 3 is 1.83 bits per heavy atom. The van der Waals surface area contributed by atoms with E-state index in [9.17, 15) is 0 Å². The van der Waals surface area contributed by atoms with Gasteiger partial charge in [0.2, 0.25) is 0 Å². The van der Waals surface area contributed by atoms with Crippen LogP contribution in [0.15, 0.2) is 24.3 Å². The maximum Gasteiger partial charge on any atom is 0.0716 e. The van der Waals surface area contributed by atoms with E-state index in [4.69, 9.17) is 18.9 Å². The van der Waals surface area contributed by atoms with Crippen LogP contribution in [0.25, 0.3) is 0 Å². The quantitative estimate of drug-likeness (QED) is 0.531. The third-order valence-corrected chi connectivity index (χ3v) is 4.20. The highest BCUT2D eigenvalue weighted by Crippen LogP contribution is 2.19. The first-order chi connectivity index (χ1) is 11.3. The summed E-state index contributed by atoms with van der Waals surface area (Å²) in [7, 11) is 3.44. The summed E-state index contributed by atoms with van der Waals surface area (Å²) in [5.74, 6) is 0. The van der Waals surface area contributed by atoms with Crippen LogP contribution in [0.1, 0.15) is 51.7 Å². The Hall–Kier alpha value is -0.940. The van der Waals surface area contributed by atoms with Crippen LogP contribution in [0.4, 0.5) is 0 Å². The SMILES string of the molecule is COCc1ccc(COCCC(C)(C)OCCC(C)(C)OC)cc1. The molecule has 0 heterocycles. The number of hydrogen-bond acceptors (Lipinski definition) is 4. The lowest BCUT2D eigenvalue weighted by Gasteiger charge is -2.28. The van der Waals surface area contributed by atoms with Gasteiger partial charge in [0.1, 0.15) is 0 Å². The molecule has 4 nitrogen and oxygen atoms in total. The van der Waals surface area contributed by atoms with Crippen molar-refractivity contribution in [2.75, 3.05) is 27.4 Å². The van der Waals surface area contributed by atoms with Crippen molar-refractivity contribution in [3.05, 3.63) is 35.4 Å². The first-order valence-corrected chi connectivity index (χ1v) is 8.62. The zero-order valence-electron chi connectivity index (χ0n) is 16.2. The first-order valence-electron chi connectivity index (χ1n) is 8.62. The molecule has 0 fully saturated rings. The van der Waals surface area contributed by atoms with Crippen molar-refractivity contribution in [2.45, 2.75) is 65.0 Å². The minimum atomic E-state index is -0.188. The van der Waals surface area contributed by atoms with E-state index in [-0.39, 0.29) is 11.2 Å². The summed E-state index contributed by atoms with van der Waals surface area (Å²) >= 11 is 0. The number of ether oxygens (including phenoxy) is 4. The van der Waals surface area contributed by atoms with Crippen LogP contribution in [0.5, 0.6) is 0 Å². The van der Waals surface area contributed by atoms with Crippen molar-refractivity contribution < 1.29 is 18.9 Å². The molecule has 0 saturated carbocycles. The summed E-state index contributed by atoms with van der Waals surface area (Å²) < 4.78 is 22.3. The average Bonchev–Trinajstić information content (AvgIpc) is 2.53. The fourth-order valence-corrected chi connectivity index (χ4v) is 2.15. The normalized spacial score (nSPS) is 12.6. The van der Waals surface area contributed by atoms with Gasteiger partial charge >= 0.3 is 0 Å². The molecule has 1 aromatic carbocycles. The highest BCUT2D eigenvalue weighted by molar-refractivity contribution is 5.21. The van der Waals surface area contributed by atoms with Gasteiger partial charge in [-0.25, -0.2) is 0 Å². The van der Waals surface area contributed by atoms with E-state index >= 15 is 0 Å². The molecule has 24 heavy (non-hydrogen) atoms. The molecule has 0 radical (unpaired) electrons. The van der Waals surface area contributed by atoms with Gasteiger partial charge in [-0.05, 0) is 51.7 Å². The number of methoxy groups -OCH3 is 2. The fourth-order valence-electron chi connectivity index (χ4n) is 2.15. The van der Waals surface area contributed by atoms with Gasteiger partial charge in [0.15, 0.2) is 0 Å². The van der Waals surface area contributed by atoms with E-state index < -0.39 is 0 Å². The molecule has 138 valence electrons. The summed E-state index contributed by atoms with van der Waals surface area (Å²) in [5, 5.41) is 0. The second-order valence-electron chi connectivity index (χ2n) is 7.37. The molecule has 0 amide bonds.